The molecule has 2 aromatic rings. The smallest absolute Gasteiger partial charge is 0.306 e. The molecule has 7 heteroatoms. The molecule has 2 aliphatic carbocycles. The molecule has 39 heavy (non-hydrogen) atoms. The van der Waals surface area contributed by atoms with Crippen molar-refractivity contribution in [3.63, 3.8) is 0 Å². The number of carbonyl (C=O) groups excluding carboxylic acids is 1. The van der Waals surface area contributed by atoms with Gasteiger partial charge < -0.3 is 19.0 Å². The summed E-state index contributed by atoms with van der Waals surface area (Å²) < 4.78 is 16.9. The van der Waals surface area contributed by atoms with Gasteiger partial charge in [-0.3, -0.25) is 10.0 Å². The van der Waals surface area contributed by atoms with Gasteiger partial charge in [-0.1, -0.05) is 49.2 Å². The minimum atomic E-state index is -0.340. The van der Waals surface area contributed by atoms with Crippen LogP contribution in [0.2, 0.25) is 0 Å². The fourth-order valence-electron chi connectivity index (χ4n) is 6.81. The number of nitrogens with zero attached hydrogens (tertiary/aromatic N) is 1. The molecule has 2 fully saturated rings. The number of hydrogen-bond donors (Lipinski definition) is 0. The predicted molar refractivity (Wildman–Crippen MR) is 149 cm³/mol. The van der Waals surface area contributed by atoms with Crippen molar-refractivity contribution in [2.24, 2.45) is 5.92 Å². The van der Waals surface area contributed by atoms with Crippen LogP contribution in [-0.2, 0) is 14.4 Å². The number of esters is 1. The lowest BCUT2D eigenvalue weighted by Crippen LogP contribution is -2.42. The molecule has 0 aromatic heterocycles. The van der Waals surface area contributed by atoms with E-state index in [1.807, 2.05) is 24.3 Å². The first kappa shape index (κ1) is 27.4. The number of benzene rings is 2. The maximum atomic E-state index is 13.5. The molecule has 0 saturated heterocycles. The van der Waals surface area contributed by atoms with Crippen LogP contribution in [0.4, 0.5) is 0 Å². The summed E-state index contributed by atoms with van der Waals surface area (Å²) in [5.74, 6) is 1.48. The zero-order valence-corrected chi connectivity index (χ0v) is 23.2. The van der Waals surface area contributed by atoms with Crippen LogP contribution in [0.25, 0.3) is 0 Å². The Hall–Kier alpha value is -3.22. The third-order valence-electron chi connectivity index (χ3n) is 8.86. The molecule has 0 N–H and O–H groups in total. The molecule has 2 saturated carbocycles. The van der Waals surface area contributed by atoms with Crippen molar-refractivity contribution in [1.29, 1.82) is 0 Å². The quantitative estimate of drug-likeness (QED) is 0.263. The van der Waals surface area contributed by atoms with E-state index in [9.17, 15) is 10.0 Å². The molecule has 2 aromatic carbocycles. The molecule has 4 atom stereocenters. The topological polar surface area (TPSA) is 80.1 Å². The highest BCUT2D eigenvalue weighted by molar-refractivity contribution is 5.89. The molecule has 210 valence electrons. The molecule has 5 rings (SSSR count). The van der Waals surface area contributed by atoms with Crippen LogP contribution in [0.5, 0.6) is 11.5 Å². The molecule has 3 aliphatic rings. The molecule has 1 heterocycles. The van der Waals surface area contributed by atoms with Gasteiger partial charge in [-0.2, -0.15) is 0 Å². The Labute approximate surface area is 231 Å². The predicted octanol–water partition coefficient (Wildman–Crippen LogP) is 6.68. The molecule has 0 spiro atoms. The summed E-state index contributed by atoms with van der Waals surface area (Å²) >= 11 is 0. The standard InChI is InChI=1S/C32H41NO6/c1-36-29-18-16-23(20-31(29)38-24-12-6-7-13-24)27-21-30(39-33(35)28(27)17-19-32(34)37-2)26-15-9-8-14-25(26)22-10-4-3-5-11-22/h3-5,10-11,16,18,20,24-27,30H,6-9,12-15,17,19,21H2,1-2H3/t25-,26+,27+,30+/m0/s1. The van der Waals surface area contributed by atoms with E-state index in [4.69, 9.17) is 19.0 Å². The lowest BCUT2D eigenvalue weighted by atomic mass is 9.70. The number of hydrogen-bond acceptors (Lipinski definition) is 6. The summed E-state index contributed by atoms with van der Waals surface area (Å²) in [6.45, 7) is 0. The van der Waals surface area contributed by atoms with Gasteiger partial charge in [0.25, 0.3) is 0 Å². The maximum absolute atomic E-state index is 13.5. The first-order valence-electron chi connectivity index (χ1n) is 14.5. The highest BCUT2D eigenvalue weighted by Crippen LogP contribution is 2.45. The van der Waals surface area contributed by atoms with E-state index in [2.05, 4.69) is 24.3 Å². The van der Waals surface area contributed by atoms with Gasteiger partial charge in [0.2, 0.25) is 5.71 Å². The van der Waals surface area contributed by atoms with Crippen LogP contribution in [0.15, 0.2) is 48.5 Å². The van der Waals surface area contributed by atoms with Crippen molar-refractivity contribution >= 4 is 11.7 Å². The minimum absolute atomic E-state index is 0.132. The molecule has 0 radical (unpaired) electrons. The summed E-state index contributed by atoms with van der Waals surface area (Å²) in [6, 6.07) is 16.6. The Morgan fingerprint density at radius 2 is 1.69 bits per heavy atom. The van der Waals surface area contributed by atoms with E-state index in [1.165, 1.54) is 31.9 Å². The third kappa shape index (κ3) is 6.34. The van der Waals surface area contributed by atoms with E-state index < -0.39 is 0 Å². The van der Waals surface area contributed by atoms with Crippen molar-refractivity contribution in [2.45, 2.75) is 94.7 Å². The van der Waals surface area contributed by atoms with Gasteiger partial charge >= 0.3 is 5.97 Å². The third-order valence-corrected chi connectivity index (χ3v) is 8.86. The Morgan fingerprint density at radius 3 is 2.44 bits per heavy atom. The second kappa shape index (κ2) is 12.8. The van der Waals surface area contributed by atoms with E-state index in [0.29, 0.717) is 28.7 Å². The number of ether oxygens (including phenoxy) is 3. The van der Waals surface area contributed by atoms with Gasteiger partial charge in [0.05, 0.1) is 38.8 Å². The monoisotopic (exact) mass is 535 g/mol. The van der Waals surface area contributed by atoms with Crippen LogP contribution >= 0.6 is 0 Å². The average Bonchev–Trinajstić information content (AvgIpc) is 3.49. The Kier molecular flexibility index (Phi) is 8.95. The number of carbonyl (C=O) groups is 1. The second-order valence-electron chi connectivity index (χ2n) is 11.2. The van der Waals surface area contributed by atoms with Crippen molar-refractivity contribution in [2.75, 3.05) is 14.2 Å². The second-order valence-corrected chi connectivity index (χ2v) is 11.2. The van der Waals surface area contributed by atoms with Gasteiger partial charge in [-0.25, -0.2) is 0 Å². The summed E-state index contributed by atoms with van der Waals surface area (Å²) in [7, 11) is 3.02. The molecule has 0 unspecified atom stereocenters. The highest BCUT2D eigenvalue weighted by Gasteiger charge is 2.41. The lowest BCUT2D eigenvalue weighted by molar-refractivity contribution is -0.762. The van der Waals surface area contributed by atoms with E-state index in [0.717, 1.165) is 43.4 Å². The Balaban J connectivity index is 1.47. The van der Waals surface area contributed by atoms with Crippen molar-refractivity contribution in [1.82, 2.24) is 0 Å². The fourth-order valence-corrected chi connectivity index (χ4v) is 6.81. The van der Waals surface area contributed by atoms with Crippen molar-refractivity contribution in [3.05, 3.63) is 64.9 Å². The van der Waals surface area contributed by atoms with Crippen LogP contribution < -0.4 is 9.47 Å². The van der Waals surface area contributed by atoms with Crippen LogP contribution in [0.1, 0.15) is 93.6 Å². The fraction of sp³-hybridized carbons (Fsp3) is 0.562. The molecular formula is C32H41NO6. The van der Waals surface area contributed by atoms with Gasteiger partial charge in [-0.15, -0.1) is 0 Å². The Morgan fingerprint density at radius 1 is 0.949 bits per heavy atom. The Bertz CT molecular complexity index is 1140. The average molecular weight is 536 g/mol. The van der Waals surface area contributed by atoms with Crippen LogP contribution in [0, 0.1) is 11.1 Å². The van der Waals surface area contributed by atoms with Gasteiger partial charge in [-0.05, 0) is 80.0 Å². The SMILES string of the molecule is COC(=O)CCC1=[N+]([O-])O[C@@H]([C@@H]2CCCC[C@H]2c2ccccc2)C[C@@H]1c1ccc(OC)c(OC2CCCC2)c1. The van der Waals surface area contributed by atoms with Crippen molar-refractivity contribution in [3.8, 4) is 11.5 Å². The van der Waals surface area contributed by atoms with E-state index >= 15 is 0 Å². The molecule has 0 amide bonds. The zero-order valence-electron chi connectivity index (χ0n) is 23.2. The summed E-state index contributed by atoms with van der Waals surface area (Å²) in [6.07, 6.45) is 9.94. The zero-order chi connectivity index (χ0) is 27.2. The number of methoxy groups -OCH3 is 2. The number of rotatable bonds is 9. The normalized spacial score (nSPS) is 25.7. The first-order valence-corrected chi connectivity index (χ1v) is 14.5. The van der Waals surface area contributed by atoms with E-state index in [-0.39, 0.29) is 42.9 Å². The van der Waals surface area contributed by atoms with Gasteiger partial charge in [0.1, 0.15) is 0 Å². The highest BCUT2D eigenvalue weighted by atomic mass is 16.9. The summed E-state index contributed by atoms with van der Waals surface area (Å²) in [5.41, 5.74) is 2.86. The molecule has 7 nitrogen and oxygen atoms in total. The largest absolute Gasteiger partial charge is 0.493 e. The first-order chi connectivity index (χ1) is 19.1. The van der Waals surface area contributed by atoms with Crippen LogP contribution in [0.3, 0.4) is 0 Å². The van der Waals surface area contributed by atoms with Gasteiger partial charge in [0.15, 0.2) is 11.5 Å². The van der Waals surface area contributed by atoms with E-state index in [1.54, 1.807) is 7.11 Å². The van der Waals surface area contributed by atoms with Crippen LogP contribution in [-0.4, -0.2) is 43.0 Å². The minimum Gasteiger partial charge on any atom is -0.493 e. The van der Waals surface area contributed by atoms with Crippen molar-refractivity contribution < 1.29 is 28.7 Å². The maximum Gasteiger partial charge on any atom is 0.306 e. The van der Waals surface area contributed by atoms with Gasteiger partial charge in [0, 0.05) is 11.3 Å². The lowest BCUT2D eigenvalue weighted by Gasteiger charge is -2.41. The summed E-state index contributed by atoms with van der Waals surface area (Å²) in [4.78, 5) is 18.8. The molecular weight excluding hydrogens is 494 g/mol. The molecule has 0 bridgehead atoms. The molecule has 1 aliphatic heterocycles. The summed E-state index contributed by atoms with van der Waals surface area (Å²) in [5, 5.41) is 13.5.